The number of carboxylic acids is 1. The van der Waals surface area contributed by atoms with Gasteiger partial charge in [-0.15, -0.1) is 11.8 Å². The number of piperidine rings is 1. The Bertz CT molecular complexity index is 1370. The lowest BCUT2D eigenvalue weighted by molar-refractivity contribution is -0.159. The van der Waals surface area contributed by atoms with Gasteiger partial charge in [-0.1, -0.05) is 35.4 Å². The highest BCUT2D eigenvalue weighted by molar-refractivity contribution is 8.01. The van der Waals surface area contributed by atoms with Crippen molar-refractivity contribution in [3.05, 3.63) is 59.7 Å². The number of aliphatic carboxylic acids is 1. The summed E-state index contributed by atoms with van der Waals surface area (Å²) in [6.45, 7) is 5.43. The van der Waals surface area contributed by atoms with Gasteiger partial charge in [0.25, 0.3) is 20.2 Å². The fourth-order valence-corrected chi connectivity index (χ4v) is 7.43. The highest BCUT2D eigenvalue weighted by Gasteiger charge is 2.66. The molecular weight excluding hydrogens is 582 g/mol. The summed E-state index contributed by atoms with van der Waals surface area (Å²) in [5.41, 5.74) is 7.68. The van der Waals surface area contributed by atoms with Crippen molar-refractivity contribution in [2.75, 3.05) is 20.1 Å². The fourth-order valence-electron chi connectivity index (χ4n) is 4.63. The number of benzene rings is 2. The predicted octanol–water partition coefficient (Wildman–Crippen LogP) is 1.63. The molecule has 0 aliphatic carbocycles. The van der Waals surface area contributed by atoms with Gasteiger partial charge in [0.05, 0.1) is 14.5 Å². The van der Waals surface area contributed by atoms with E-state index in [1.165, 1.54) is 29.2 Å². The Labute approximate surface area is 238 Å². The van der Waals surface area contributed by atoms with Crippen LogP contribution in [0, 0.1) is 13.8 Å². The van der Waals surface area contributed by atoms with Crippen molar-refractivity contribution >= 4 is 43.9 Å². The maximum absolute atomic E-state index is 11.8. The summed E-state index contributed by atoms with van der Waals surface area (Å²) < 4.78 is 58.8. The number of nitrogens with zero attached hydrogens (tertiary/aromatic N) is 2. The van der Waals surface area contributed by atoms with Crippen molar-refractivity contribution < 1.29 is 40.6 Å². The lowest BCUT2D eigenvalue weighted by Gasteiger charge is -2.42. The monoisotopic (exact) mass is 615 g/mol. The molecule has 5 rings (SSSR count). The number of thioether (sulfide) groups is 1. The minimum atomic E-state index is -4.02. The van der Waals surface area contributed by atoms with Crippen LogP contribution < -0.4 is 5.73 Å². The smallest absolute Gasteiger partial charge is 0.327 e. The average molecular weight is 616 g/mol. The second-order valence-electron chi connectivity index (χ2n) is 9.96. The third kappa shape index (κ3) is 7.21. The van der Waals surface area contributed by atoms with Crippen LogP contribution in [-0.2, 0) is 29.8 Å². The van der Waals surface area contributed by atoms with E-state index in [9.17, 15) is 31.5 Å². The van der Waals surface area contributed by atoms with E-state index in [0.29, 0.717) is 0 Å². The molecule has 40 heavy (non-hydrogen) atoms. The van der Waals surface area contributed by atoms with E-state index in [-0.39, 0.29) is 25.8 Å². The van der Waals surface area contributed by atoms with E-state index in [1.807, 2.05) is 20.9 Å². The average Bonchev–Trinajstić information content (AvgIpc) is 3.18. The van der Waals surface area contributed by atoms with Gasteiger partial charge in [-0.2, -0.15) is 16.8 Å². The van der Waals surface area contributed by atoms with Gasteiger partial charge in [0.15, 0.2) is 0 Å². The molecule has 0 radical (unpaired) electrons. The first kappa shape index (κ1) is 32.0. The summed E-state index contributed by atoms with van der Waals surface area (Å²) >= 11 is 1.61. The Morgan fingerprint density at radius 1 is 0.900 bits per heavy atom. The van der Waals surface area contributed by atoms with Crippen LogP contribution in [0.1, 0.15) is 24.0 Å². The highest BCUT2D eigenvalue weighted by Crippen LogP contribution is 2.55. The number of hydrogen-bond acceptors (Lipinski definition) is 9. The van der Waals surface area contributed by atoms with E-state index in [1.54, 1.807) is 36.0 Å². The first-order chi connectivity index (χ1) is 18.5. The number of rotatable bonds is 3. The van der Waals surface area contributed by atoms with Crippen molar-refractivity contribution in [1.29, 1.82) is 0 Å². The maximum Gasteiger partial charge on any atom is 0.327 e. The number of carbonyl (C=O) groups is 2. The normalized spacial score (nSPS) is 23.7. The number of amides is 1. The molecule has 1 amide bonds. The second kappa shape index (κ2) is 12.1. The molecule has 1 spiro atoms. The number of β-lactam (4-membered cyclic amide) rings is 1. The van der Waals surface area contributed by atoms with Crippen LogP contribution >= 0.6 is 11.8 Å². The van der Waals surface area contributed by atoms with Gasteiger partial charge in [-0.3, -0.25) is 13.9 Å². The molecule has 3 fully saturated rings. The van der Waals surface area contributed by atoms with Crippen LogP contribution in [0.2, 0.25) is 0 Å². The standard InChI is InChI=1S/C11H17N3O3S.2C7H8O3S/c1-13-4-2-11(3-5-13)7(10(16)17)14-8(15)6(12)9(14)18-11;2*1-6-2-4-7(5-3-6)11(8,9)10/h6-7,9H,2-5,12H2,1H3,(H,16,17);2*2-5H,1H3,(H,8,9,10)/t6?,7?,9-;;/m1../s1. The third-order valence-electron chi connectivity index (χ3n) is 6.96. The quantitative estimate of drug-likeness (QED) is 0.288. The van der Waals surface area contributed by atoms with E-state index in [0.717, 1.165) is 37.1 Å². The first-order valence-corrected chi connectivity index (χ1v) is 16.0. The Kier molecular flexibility index (Phi) is 9.71. The third-order valence-corrected chi connectivity index (χ3v) is 10.6. The van der Waals surface area contributed by atoms with Crippen LogP contribution in [-0.4, -0.2) is 95.1 Å². The van der Waals surface area contributed by atoms with Gasteiger partial charge < -0.3 is 20.6 Å². The van der Waals surface area contributed by atoms with Crippen molar-refractivity contribution in [1.82, 2.24) is 9.80 Å². The van der Waals surface area contributed by atoms with E-state index < -0.39 is 38.3 Å². The zero-order valence-electron chi connectivity index (χ0n) is 22.2. The molecule has 0 saturated carbocycles. The van der Waals surface area contributed by atoms with Crippen LogP contribution in [0.3, 0.4) is 0 Å². The lowest BCUT2D eigenvalue weighted by Crippen LogP contribution is -2.69. The predicted molar refractivity (Wildman–Crippen MR) is 149 cm³/mol. The summed E-state index contributed by atoms with van der Waals surface area (Å²) in [7, 11) is -6.00. The SMILES string of the molecule is CN1CCC2(CC1)S[C@@H]1C(N)C(=O)N1C2C(=O)O.Cc1ccc(S(=O)(=O)O)cc1.Cc1ccc(S(=O)(=O)O)cc1. The van der Waals surface area contributed by atoms with E-state index >= 15 is 0 Å². The molecule has 12 nitrogen and oxygen atoms in total. The minimum absolute atomic E-state index is 0.0666. The fraction of sp³-hybridized carbons (Fsp3) is 0.440. The first-order valence-electron chi connectivity index (χ1n) is 12.2. The van der Waals surface area contributed by atoms with Gasteiger partial charge in [-0.05, 0) is 71.1 Å². The molecule has 3 atom stereocenters. The second-order valence-corrected chi connectivity index (χ2v) is 14.3. The van der Waals surface area contributed by atoms with Crippen LogP contribution in [0.15, 0.2) is 58.3 Å². The molecule has 3 saturated heterocycles. The van der Waals surface area contributed by atoms with Crippen molar-refractivity contribution in [3.8, 4) is 0 Å². The molecule has 3 aliphatic heterocycles. The molecule has 0 aromatic heterocycles. The molecule has 220 valence electrons. The number of hydrogen-bond donors (Lipinski definition) is 4. The molecular formula is C25H33N3O9S3. The number of fused-ring (bicyclic) bond motifs is 1. The molecule has 2 unspecified atom stereocenters. The number of carbonyl (C=O) groups excluding carboxylic acids is 1. The Hall–Kier alpha value is -2.53. The number of likely N-dealkylation sites (tertiary alicyclic amines) is 1. The zero-order chi connectivity index (χ0) is 30.0. The Balaban J connectivity index is 0.000000175. The number of carboxylic acid groups (broad SMARTS) is 1. The van der Waals surface area contributed by atoms with Gasteiger partial charge >= 0.3 is 5.97 Å². The lowest BCUT2D eigenvalue weighted by atomic mass is 9.86. The van der Waals surface area contributed by atoms with Gasteiger partial charge in [0.1, 0.15) is 17.5 Å². The summed E-state index contributed by atoms with van der Waals surface area (Å²) in [4.78, 5) is 26.9. The highest BCUT2D eigenvalue weighted by atomic mass is 32.2. The topological polar surface area (TPSA) is 196 Å². The molecule has 3 heterocycles. The molecule has 5 N–H and O–H groups in total. The summed E-state index contributed by atoms with van der Waals surface area (Å²) in [6.07, 6.45) is 1.61. The van der Waals surface area contributed by atoms with Crippen molar-refractivity contribution in [2.45, 2.75) is 58.7 Å². The molecule has 2 aromatic carbocycles. The largest absolute Gasteiger partial charge is 0.480 e. The minimum Gasteiger partial charge on any atom is -0.480 e. The summed E-state index contributed by atoms with van der Waals surface area (Å²) in [6, 6.07) is 10.8. The number of aryl methyl sites for hydroxylation is 2. The van der Waals surface area contributed by atoms with Crippen molar-refractivity contribution in [3.63, 3.8) is 0 Å². The Morgan fingerprint density at radius 2 is 1.30 bits per heavy atom. The van der Waals surface area contributed by atoms with Crippen LogP contribution in [0.4, 0.5) is 0 Å². The Morgan fingerprint density at radius 3 is 1.65 bits per heavy atom. The van der Waals surface area contributed by atoms with E-state index in [2.05, 4.69) is 4.90 Å². The van der Waals surface area contributed by atoms with Gasteiger partial charge in [-0.25, -0.2) is 4.79 Å². The molecule has 15 heteroatoms. The molecule has 3 aliphatic rings. The van der Waals surface area contributed by atoms with Crippen LogP contribution in [0.5, 0.6) is 0 Å². The summed E-state index contributed by atoms with van der Waals surface area (Å²) in [5.74, 6) is -1.11. The maximum atomic E-state index is 11.8. The van der Waals surface area contributed by atoms with Gasteiger partial charge in [0, 0.05) is 0 Å². The van der Waals surface area contributed by atoms with E-state index in [4.69, 9.17) is 14.8 Å². The summed E-state index contributed by atoms with van der Waals surface area (Å²) in [5, 5.41) is 9.32. The molecule has 2 aromatic rings. The zero-order valence-corrected chi connectivity index (χ0v) is 24.6. The van der Waals surface area contributed by atoms with Gasteiger partial charge in [0.2, 0.25) is 5.91 Å². The number of nitrogens with two attached hydrogens (primary N) is 1. The molecule has 0 bridgehead atoms. The van der Waals surface area contributed by atoms with Crippen molar-refractivity contribution in [2.24, 2.45) is 5.73 Å². The van der Waals surface area contributed by atoms with Crippen LogP contribution in [0.25, 0.3) is 0 Å².